The summed E-state index contributed by atoms with van der Waals surface area (Å²) in [4.78, 5) is 12.5. The first-order chi connectivity index (χ1) is 13.5. The molecule has 1 saturated heterocycles. The van der Waals surface area contributed by atoms with Gasteiger partial charge in [-0.1, -0.05) is 42.5 Å². The third-order valence-corrected chi connectivity index (χ3v) is 7.49. The minimum absolute atomic E-state index is 0.0748. The summed E-state index contributed by atoms with van der Waals surface area (Å²) in [5.41, 5.74) is 1.39. The molecule has 150 valence electrons. The van der Waals surface area contributed by atoms with Crippen LogP contribution in [-0.4, -0.2) is 26.3 Å². The number of hydrogen-bond donors (Lipinski definition) is 0. The second-order valence-corrected chi connectivity index (χ2v) is 8.58. The quantitative estimate of drug-likeness (QED) is 0.463. The van der Waals surface area contributed by atoms with E-state index in [4.69, 9.17) is 18.5 Å². The molecule has 0 amide bonds. The molecule has 1 fully saturated rings. The van der Waals surface area contributed by atoms with Gasteiger partial charge in [0, 0.05) is 5.56 Å². The number of cyclic esters (lactones) is 1. The van der Waals surface area contributed by atoms with Crippen molar-refractivity contribution in [3.05, 3.63) is 65.7 Å². The van der Waals surface area contributed by atoms with E-state index in [9.17, 15) is 9.36 Å². The van der Waals surface area contributed by atoms with Crippen molar-refractivity contribution >= 4 is 13.6 Å². The number of esters is 1. The Bertz CT molecular complexity index is 841. The molecule has 0 aromatic heterocycles. The van der Waals surface area contributed by atoms with Crippen LogP contribution < -0.4 is 4.74 Å². The molecule has 7 heteroatoms. The Hall–Kier alpha value is -2.14. The first-order valence-electron chi connectivity index (χ1n) is 9.31. The normalized spacial score (nSPS) is 22.1. The largest absolute Gasteiger partial charge is 0.497 e. The first kappa shape index (κ1) is 20.6. The van der Waals surface area contributed by atoms with Crippen LogP contribution in [0.15, 0.2) is 54.6 Å². The van der Waals surface area contributed by atoms with Crippen LogP contribution in [0, 0.1) is 0 Å². The molecular formula is C21H25O6P. The fourth-order valence-electron chi connectivity index (χ4n) is 3.68. The predicted octanol–water partition coefficient (Wildman–Crippen LogP) is 4.84. The van der Waals surface area contributed by atoms with E-state index in [0.29, 0.717) is 11.3 Å². The molecule has 2 aromatic carbocycles. The molecule has 3 rings (SSSR count). The van der Waals surface area contributed by atoms with Crippen molar-refractivity contribution in [1.29, 1.82) is 0 Å². The summed E-state index contributed by atoms with van der Waals surface area (Å²) in [7, 11) is -2.28. The van der Waals surface area contributed by atoms with E-state index in [1.165, 1.54) is 0 Å². The van der Waals surface area contributed by atoms with Gasteiger partial charge in [0.1, 0.15) is 5.75 Å². The number of benzene rings is 2. The highest BCUT2D eigenvalue weighted by Crippen LogP contribution is 2.73. The van der Waals surface area contributed by atoms with Crippen LogP contribution in [-0.2, 0) is 28.5 Å². The Morgan fingerprint density at radius 3 is 2.18 bits per heavy atom. The van der Waals surface area contributed by atoms with Gasteiger partial charge in [-0.25, -0.2) is 0 Å². The highest BCUT2D eigenvalue weighted by molar-refractivity contribution is 7.55. The Morgan fingerprint density at radius 2 is 1.64 bits per heavy atom. The minimum atomic E-state index is -3.87. The second kappa shape index (κ2) is 8.48. The molecule has 2 unspecified atom stereocenters. The van der Waals surface area contributed by atoms with Crippen LogP contribution in [0.4, 0.5) is 0 Å². The summed E-state index contributed by atoms with van der Waals surface area (Å²) in [6.45, 7) is 3.81. The third-order valence-electron chi connectivity index (χ3n) is 4.82. The van der Waals surface area contributed by atoms with Crippen LogP contribution in [0.1, 0.15) is 37.3 Å². The number of rotatable bonds is 8. The van der Waals surface area contributed by atoms with E-state index < -0.39 is 24.8 Å². The van der Waals surface area contributed by atoms with Gasteiger partial charge < -0.3 is 18.5 Å². The Labute approximate surface area is 165 Å². The molecule has 2 atom stereocenters. The number of carbonyl (C=O) groups is 1. The summed E-state index contributed by atoms with van der Waals surface area (Å²) in [6, 6.07) is 16.4. The molecule has 0 aliphatic carbocycles. The number of ether oxygens (including phenoxy) is 2. The van der Waals surface area contributed by atoms with Crippen molar-refractivity contribution in [3.63, 3.8) is 0 Å². The fraction of sp³-hybridized carbons (Fsp3) is 0.381. The topological polar surface area (TPSA) is 71.1 Å². The molecule has 1 heterocycles. The Kier molecular flexibility index (Phi) is 6.23. The van der Waals surface area contributed by atoms with Crippen molar-refractivity contribution in [3.8, 4) is 5.75 Å². The maximum absolute atomic E-state index is 14.0. The van der Waals surface area contributed by atoms with Crippen molar-refractivity contribution in [2.24, 2.45) is 0 Å². The van der Waals surface area contributed by atoms with Gasteiger partial charge in [-0.2, -0.15) is 0 Å². The molecule has 2 aromatic rings. The number of hydrogen-bond acceptors (Lipinski definition) is 6. The van der Waals surface area contributed by atoms with Crippen molar-refractivity contribution < 1.29 is 27.9 Å². The van der Waals surface area contributed by atoms with Gasteiger partial charge >= 0.3 is 13.6 Å². The molecule has 0 saturated carbocycles. The highest BCUT2D eigenvalue weighted by Gasteiger charge is 2.65. The van der Waals surface area contributed by atoms with E-state index in [1.807, 2.05) is 30.3 Å². The summed E-state index contributed by atoms with van der Waals surface area (Å²) in [5, 5.41) is -1.55. The van der Waals surface area contributed by atoms with Gasteiger partial charge in [0.15, 0.2) is 0 Å². The maximum Gasteiger partial charge on any atom is 0.379 e. The van der Waals surface area contributed by atoms with Gasteiger partial charge in [0.25, 0.3) is 0 Å². The van der Waals surface area contributed by atoms with E-state index in [1.54, 1.807) is 45.2 Å². The second-order valence-electron chi connectivity index (χ2n) is 6.40. The summed E-state index contributed by atoms with van der Waals surface area (Å²) in [6.07, 6.45) is 0.0748. The average molecular weight is 404 g/mol. The van der Waals surface area contributed by atoms with Crippen LogP contribution >= 0.6 is 7.60 Å². The van der Waals surface area contributed by atoms with Crippen LogP contribution in [0.2, 0.25) is 0 Å². The Morgan fingerprint density at radius 1 is 1.04 bits per heavy atom. The maximum atomic E-state index is 14.0. The highest BCUT2D eigenvalue weighted by atomic mass is 31.2. The number of carbonyl (C=O) groups excluding carboxylic acids is 1. The average Bonchev–Trinajstić information content (AvgIpc) is 3.08. The minimum Gasteiger partial charge on any atom is -0.497 e. The van der Waals surface area contributed by atoms with E-state index in [-0.39, 0.29) is 19.6 Å². The molecule has 0 bridgehead atoms. The molecule has 1 aliphatic rings. The smallest absolute Gasteiger partial charge is 0.379 e. The van der Waals surface area contributed by atoms with Crippen LogP contribution in [0.25, 0.3) is 0 Å². The standard InChI is InChI=1S/C21H25O6P/c1-4-25-28(23,26-5-2)21(17-9-7-6-8-10-17)19(15-20(22)27-21)16-11-13-18(24-3)14-12-16/h6-14,19H,4-5,15H2,1-3H3. The van der Waals surface area contributed by atoms with Crippen molar-refractivity contribution in [2.75, 3.05) is 20.3 Å². The first-order valence-corrected chi connectivity index (χ1v) is 10.9. The monoisotopic (exact) mass is 404 g/mol. The molecule has 1 aliphatic heterocycles. The lowest BCUT2D eigenvalue weighted by Crippen LogP contribution is -2.33. The van der Waals surface area contributed by atoms with Crippen LogP contribution in [0.3, 0.4) is 0 Å². The SMILES string of the molecule is CCOP(=O)(OCC)C1(c2ccccc2)OC(=O)CC1c1ccc(OC)cc1. The third kappa shape index (κ3) is 3.48. The predicted molar refractivity (Wildman–Crippen MR) is 105 cm³/mol. The molecule has 0 N–H and O–H groups in total. The summed E-state index contributed by atoms with van der Waals surface area (Å²) < 4.78 is 36.5. The van der Waals surface area contributed by atoms with Crippen molar-refractivity contribution in [1.82, 2.24) is 0 Å². The lowest BCUT2D eigenvalue weighted by molar-refractivity contribution is -0.145. The molecule has 0 spiro atoms. The number of methoxy groups -OCH3 is 1. The fourth-order valence-corrected chi connectivity index (χ4v) is 6.12. The molecule has 0 radical (unpaired) electrons. The van der Waals surface area contributed by atoms with E-state index >= 15 is 0 Å². The molecular weight excluding hydrogens is 379 g/mol. The van der Waals surface area contributed by atoms with Gasteiger partial charge in [0.05, 0.1) is 32.7 Å². The Balaban J connectivity index is 2.23. The van der Waals surface area contributed by atoms with Crippen LogP contribution in [0.5, 0.6) is 5.75 Å². The summed E-state index contributed by atoms with van der Waals surface area (Å²) in [5.74, 6) is -0.279. The zero-order valence-corrected chi connectivity index (χ0v) is 17.2. The van der Waals surface area contributed by atoms with E-state index in [2.05, 4.69) is 0 Å². The lowest BCUT2D eigenvalue weighted by Gasteiger charge is -2.38. The van der Waals surface area contributed by atoms with Crippen molar-refractivity contribution in [2.45, 2.75) is 31.5 Å². The zero-order chi connectivity index (χ0) is 20.2. The van der Waals surface area contributed by atoms with Gasteiger partial charge in [-0.15, -0.1) is 0 Å². The summed E-state index contributed by atoms with van der Waals surface area (Å²) >= 11 is 0. The zero-order valence-electron chi connectivity index (χ0n) is 16.3. The molecule has 28 heavy (non-hydrogen) atoms. The van der Waals surface area contributed by atoms with Gasteiger partial charge in [-0.05, 0) is 31.5 Å². The lowest BCUT2D eigenvalue weighted by atomic mass is 9.88. The van der Waals surface area contributed by atoms with Gasteiger partial charge in [0.2, 0.25) is 5.34 Å². The van der Waals surface area contributed by atoms with Gasteiger partial charge in [-0.3, -0.25) is 9.36 Å². The molecule has 6 nitrogen and oxygen atoms in total. The van der Waals surface area contributed by atoms with E-state index in [0.717, 1.165) is 5.56 Å².